The predicted octanol–water partition coefficient (Wildman–Crippen LogP) is 3.35. The number of carbonyl (C=O) groups is 1. The van der Waals surface area contributed by atoms with Crippen LogP contribution in [0.1, 0.15) is 33.1 Å². The first-order chi connectivity index (χ1) is 7.36. The third-order valence-electron chi connectivity index (χ3n) is 4.55. The molecule has 0 N–H and O–H groups in total. The van der Waals surface area contributed by atoms with Crippen molar-refractivity contribution in [3.8, 4) is 0 Å². The third kappa shape index (κ3) is 1.44. The van der Waals surface area contributed by atoms with E-state index in [0.29, 0.717) is 9.84 Å². The van der Waals surface area contributed by atoms with Crippen molar-refractivity contribution >= 4 is 51.2 Å². The van der Waals surface area contributed by atoms with Crippen LogP contribution in [0.25, 0.3) is 0 Å². The molecule has 5 atom stereocenters. The number of ether oxygens (including phenoxy) is 1. The summed E-state index contributed by atoms with van der Waals surface area (Å²) >= 11 is 5.13. The average Bonchev–Trinajstić information content (AvgIpc) is 2.71. The standard InChI is InChI=1S/C12H16I2O2/c1-11(2)5-12(10(15)16-11)4-6-3-7(12)9(14)8(6)13/h6-9H,3-5H2,1-2H3. The van der Waals surface area contributed by atoms with Gasteiger partial charge in [-0.3, -0.25) is 4.79 Å². The molecule has 3 aliphatic rings. The highest BCUT2D eigenvalue weighted by molar-refractivity contribution is 14.1. The molecular formula is C12H16I2O2. The summed E-state index contributed by atoms with van der Waals surface area (Å²) in [6.45, 7) is 4.10. The molecule has 0 amide bonds. The van der Waals surface area contributed by atoms with Crippen LogP contribution in [0.5, 0.6) is 0 Å². The Morgan fingerprint density at radius 2 is 2.00 bits per heavy atom. The van der Waals surface area contributed by atoms with E-state index in [4.69, 9.17) is 4.74 Å². The minimum Gasteiger partial charge on any atom is -0.459 e. The van der Waals surface area contributed by atoms with Gasteiger partial charge in [-0.1, -0.05) is 45.2 Å². The van der Waals surface area contributed by atoms with Crippen molar-refractivity contribution in [1.82, 2.24) is 0 Å². The van der Waals surface area contributed by atoms with Crippen LogP contribution in [0, 0.1) is 17.3 Å². The molecule has 4 heteroatoms. The summed E-state index contributed by atoms with van der Waals surface area (Å²) in [6.07, 6.45) is 3.25. The monoisotopic (exact) mass is 446 g/mol. The minimum absolute atomic E-state index is 0.0926. The van der Waals surface area contributed by atoms with E-state index >= 15 is 0 Å². The molecule has 5 unspecified atom stereocenters. The molecular weight excluding hydrogens is 430 g/mol. The number of halogens is 2. The van der Waals surface area contributed by atoms with Gasteiger partial charge in [0, 0.05) is 14.3 Å². The molecule has 2 aliphatic carbocycles. The van der Waals surface area contributed by atoms with Crippen LogP contribution >= 0.6 is 45.2 Å². The van der Waals surface area contributed by atoms with Crippen LogP contribution in [0.3, 0.4) is 0 Å². The molecule has 1 spiro atoms. The Morgan fingerprint density at radius 3 is 2.44 bits per heavy atom. The maximum absolute atomic E-state index is 12.2. The topological polar surface area (TPSA) is 26.3 Å². The zero-order chi connectivity index (χ0) is 11.7. The molecule has 2 nitrogen and oxygen atoms in total. The number of cyclic esters (lactones) is 1. The maximum atomic E-state index is 12.2. The van der Waals surface area contributed by atoms with E-state index in [0.717, 1.165) is 22.7 Å². The van der Waals surface area contributed by atoms with Crippen molar-refractivity contribution in [3.05, 3.63) is 0 Å². The molecule has 16 heavy (non-hydrogen) atoms. The minimum atomic E-state index is -0.237. The van der Waals surface area contributed by atoms with Crippen molar-refractivity contribution in [2.45, 2.75) is 46.6 Å². The lowest BCUT2D eigenvalue weighted by Gasteiger charge is -2.35. The molecule has 1 heterocycles. The number of alkyl halides is 2. The normalized spacial score (nSPS) is 53.6. The zero-order valence-corrected chi connectivity index (χ0v) is 13.8. The van der Waals surface area contributed by atoms with E-state index in [2.05, 4.69) is 59.0 Å². The molecule has 90 valence electrons. The summed E-state index contributed by atoms with van der Waals surface area (Å²) in [4.78, 5) is 12.2. The van der Waals surface area contributed by atoms with Gasteiger partial charge in [-0.15, -0.1) is 0 Å². The second-order valence-electron chi connectivity index (χ2n) is 6.18. The highest BCUT2D eigenvalue weighted by atomic mass is 127. The number of rotatable bonds is 0. The number of hydrogen-bond donors (Lipinski definition) is 0. The molecule has 1 saturated heterocycles. The third-order valence-corrected chi connectivity index (χ3v) is 9.36. The summed E-state index contributed by atoms with van der Waals surface area (Å²) in [5.41, 5.74) is -0.361. The molecule has 2 bridgehead atoms. The van der Waals surface area contributed by atoms with E-state index in [1.807, 2.05) is 0 Å². The first-order valence-corrected chi connectivity index (χ1v) is 8.36. The lowest BCUT2D eigenvalue weighted by molar-refractivity contribution is -0.154. The second kappa shape index (κ2) is 3.48. The molecule has 2 saturated carbocycles. The number of hydrogen-bond acceptors (Lipinski definition) is 2. The lowest BCUT2D eigenvalue weighted by Crippen LogP contribution is -2.41. The summed E-state index contributed by atoms with van der Waals surface area (Å²) in [7, 11) is 0. The fourth-order valence-electron chi connectivity index (χ4n) is 4.07. The fraction of sp³-hybridized carbons (Fsp3) is 0.917. The Bertz CT molecular complexity index is 353. The van der Waals surface area contributed by atoms with Crippen molar-refractivity contribution < 1.29 is 9.53 Å². The second-order valence-corrected chi connectivity index (χ2v) is 9.05. The SMILES string of the molecule is CC1(C)CC2(CC3CC2C(I)C3I)C(=O)O1. The molecule has 0 radical (unpaired) electrons. The lowest BCUT2D eigenvalue weighted by atomic mass is 9.69. The van der Waals surface area contributed by atoms with Crippen LogP contribution in [0.15, 0.2) is 0 Å². The van der Waals surface area contributed by atoms with Crippen molar-refractivity contribution in [1.29, 1.82) is 0 Å². The molecule has 0 aromatic heterocycles. The van der Waals surface area contributed by atoms with Gasteiger partial charge in [0.2, 0.25) is 0 Å². The van der Waals surface area contributed by atoms with Crippen molar-refractivity contribution in [2.75, 3.05) is 0 Å². The summed E-state index contributed by atoms with van der Waals surface area (Å²) in [5, 5.41) is 0. The van der Waals surface area contributed by atoms with Gasteiger partial charge in [-0.05, 0) is 38.5 Å². The van der Waals surface area contributed by atoms with E-state index < -0.39 is 0 Å². The van der Waals surface area contributed by atoms with Gasteiger partial charge in [0.15, 0.2) is 0 Å². The number of carbonyl (C=O) groups excluding carboxylic acids is 1. The van der Waals surface area contributed by atoms with Crippen LogP contribution in [-0.4, -0.2) is 19.4 Å². The number of esters is 1. The fourth-order valence-corrected chi connectivity index (χ4v) is 6.69. The van der Waals surface area contributed by atoms with Crippen LogP contribution in [-0.2, 0) is 9.53 Å². The van der Waals surface area contributed by atoms with Crippen LogP contribution < -0.4 is 0 Å². The Kier molecular flexibility index (Phi) is 2.61. The molecule has 3 fully saturated rings. The Labute approximate surface area is 124 Å². The van der Waals surface area contributed by atoms with Gasteiger partial charge in [0.05, 0.1) is 5.41 Å². The predicted molar refractivity (Wildman–Crippen MR) is 79.1 cm³/mol. The van der Waals surface area contributed by atoms with Gasteiger partial charge in [0.1, 0.15) is 5.60 Å². The molecule has 3 rings (SSSR count). The highest BCUT2D eigenvalue weighted by Gasteiger charge is 2.67. The molecule has 0 aromatic carbocycles. The maximum Gasteiger partial charge on any atom is 0.313 e. The summed E-state index contributed by atoms with van der Waals surface area (Å²) in [6, 6.07) is 0. The van der Waals surface area contributed by atoms with Crippen LogP contribution in [0.2, 0.25) is 0 Å². The Balaban J connectivity index is 1.95. The van der Waals surface area contributed by atoms with E-state index in [1.54, 1.807) is 0 Å². The van der Waals surface area contributed by atoms with Crippen LogP contribution in [0.4, 0.5) is 0 Å². The van der Waals surface area contributed by atoms with E-state index in [-0.39, 0.29) is 17.0 Å². The summed E-state index contributed by atoms with van der Waals surface area (Å²) < 4.78 is 6.98. The first kappa shape index (κ1) is 12.0. The van der Waals surface area contributed by atoms with Gasteiger partial charge in [-0.2, -0.15) is 0 Å². The highest BCUT2D eigenvalue weighted by Crippen LogP contribution is 2.65. The smallest absolute Gasteiger partial charge is 0.313 e. The Morgan fingerprint density at radius 1 is 1.31 bits per heavy atom. The Hall–Kier alpha value is 0.930. The van der Waals surface area contributed by atoms with Gasteiger partial charge in [0.25, 0.3) is 0 Å². The number of fused-ring (bicyclic) bond motifs is 3. The van der Waals surface area contributed by atoms with Crippen molar-refractivity contribution in [2.24, 2.45) is 17.3 Å². The molecule has 1 aliphatic heterocycles. The van der Waals surface area contributed by atoms with Gasteiger partial charge < -0.3 is 4.74 Å². The molecule has 0 aromatic rings. The zero-order valence-electron chi connectivity index (χ0n) is 9.50. The quantitative estimate of drug-likeness (QED) is 0.324. The van der Waals surface area contributed by atoms with E-state index in [9.17, 15) is 4.79 Å². The largest absolute Gasteiger partial charge is 0.459 e. The summed E-state index contributed by atoms with van der Waals surface area (Å²) in [5.74, 6) is 1.40. The van der Waals surface area contributed by atoms with E-state index in [1.165, 1.54) is 6.42 Å². The first-order valence-electron chi connectivity index (χ1n) is 5.87. The van der Waals surface area contributed by atoms with Gasteiger partial charge >= 0.3 is 5.97 Å². The van der Waals surface area contributed by atoms with Gasteiger partial charge in [-0.25, -0.2) is 0 Å². The van der Waals surface area contributed by atoms with Crippen molar-refractivity contribution in [3.63, 3.8) is 0 Å². The average molecular weight is 446 g/mol.